The molecule has 120 valence electrons. The maximum absolute atomic E-state index is 12.2. The van der Waals surface area contributed by atoms with E-state index < -0.39 is 13.8 Å². The molecule has 0 aromatic rings. The fourth-order valence-corrected chi connectivity index (χ4v) is 2.44. The highest BCUT2D eigenvalue weighted by Gasteiger charge is 2.25. The fourth-order valence-electron chi connectivity index (χ4n) is 1.05. The molecule has 0 atom stereocenters. The molecule has 0 aliphatic rings. The van der Waals surface area contributed by atoms with E-state index in [0.717, 1.165) is 0 Å². The van der Waals surface area contributed by atoms with Crippen molar-refractivity contribution in [2.24, 2.45) is 0 Å². The number of nitriles is 1. The van der Waals surface area contributed by atoms with Gasteiger partial charge in [-0.15, -0.1) is 0 Å². The van der Waals surface area contributed by atoms with E-state index in [1.54, 1.807) is 6.07 Å². The SMILES string of the molecule is C=C(C#N)C(=O)OCCCOP(=O)(OCCC)OCCC. The Morgan fingerprint density at radius 1 is 1.10 bits per heavy atom. The summed E-state index contributed by atoms with van der Waals surface area (Å²) in [5.74, 6) is -0.773. The zero-order chi connectivity index (χ0) is 16.1. The van der Waals surface area contributed by atoms with Crippen LogP contribution in [0.15, 0.2) is 12.2 Å². The average molecular weight is 319 g/mol. The Labute approximate surface area is 125 Å². The Hall–Kier alpha value is -1.19. The van der Waals surface area contributed by atoms with E-state index in [4.69, 9.17) is 23.6 Å². The van der Waals surface area contributed by atoms with Gasteiger partial charge in [0, 0.05) is 6.42 Å². The molecule has 0 aliphatic carbocycles. The lowest BCUT2D eigenvalue weighted by Crippen LogP contribution is -2.09. The topological polar surface area (TPSA) is 94.9 Å². The van der Waals surface area contributed by atoms with Gasteiger partial charge in [0.1, 0.15) is 11.6 Å². The first-order valence-corrected chi connectivity index (χ1v) is 8.25. The molecule has 0 spiro atoms. The fraction of sp³-hybridized carbons (Fsp3) is 0.692. The van der Waals surface area contributed by atoms with Crippen molar-refractivity contribution in [2.75, 3.05) is 26.4 Å². The summed E-state index contributed by atoms with van der Waals surface area (Å²) >= 11 is 0. The third-order valence-electron chi connectivity index (χ3n) is 2.06. The van der Waals surface area contributed by atoms with Gasteiger partial charge in [-0.05, 0) is 12.8 Å². The zero-order valence-electron chi connectivity index (χ0n) is 12.5. The van der Waals surface area contributed by atoms with Gasteiger partial charge in [-0.2, -0.15) is 5.26 Å². The number of hydrogen-bond acceptors (Lipinski definition) is 7. The number of carbonyl (C=O) groups excluding carboxylic acids is 1. The van der Waals surface area contributed by atoms with Crippen molar-refractivity contribution in [1.29, 1.82) is 5.26 Å². The molecular weight excluding hydrogens is 297 g/mol. The molecule has 0 N–H and O–H groups in total. The van der Waals surface area contributed by atoms with Crippen molar-refractivity contribution in [3.63, 3.8) is 0 Å². The van der Waals surface area contributed by atoms with Crippen LogP contribution in [0, 0.1) is 11.3 Å². The zero-order valence-corrected chi connectivity index (χ0v) is 13.4. The van der Waals surface area contributed by atoms with Crippen LogP contribution in [0.2, 0.25) is 0 Å². The smallest absolute Gasteiger partial charge is 0.461 e. The van der Waals surface area contributed by atoms with Gasteiger partial charge in [-0.1, -0.05) is 20.4 Å². The van der Waals surface area contributed by atoms with Crippen LogP contribution in [0.25, 0.3) is 0 Å². The highest BCUT2D eigenvalue weighted by molar-refractivity contribution is 7.48. The lowest BCUT2D eigenvalue weighted by molar-refractivity contribution is -0.138. The second-order valence-electron chi connectivity index (χ2n) is 4.03. The molecule has 0 aliphatic heterocycles. The molecule has 0 aromatic carbocycles. The van der Waals surface area contributed by atoms with Crippen molar-refractivity contribution in [3.8, 4) is 6.07 Å². The molecule has 0 fully saturated rings. The van der Waals surface area contributed by atoms with Crippen LogP contribution >= 0.6 is 7.82 Å². The van der Waals surface area contributed by atoms with E-state index in [0.29, 0.717) is 19.3 Å². The Morgan fingerprint density at radius 2 is 1.62 bits per heavy atom. The molecule has 0 radical (unpaired) electrons. The van der Waals surface area contributed by atoms with Gasteiger partial charge in [0.15, 0.2) is 0 Å². The highest BCUT2D eigenvalue weighted by atomic mass is 31.2. The lowest BCUT2D eigenvalue weighted by Gasteiger charge is -2.17. The Morgan fingerprint density at radius 3 is 2.10 bits per heavy atom. The molecule has 0 rings (SSSR count). The van der Waals surface area contributed by atoms with Crippen LogP contribution in [0.1, 0.15) is 33.1 Å². The van der Waals surface area contributed by atoms with E-state index in [-0.39, 0.29) is 32.0 Å². The van der Waals surface area contributed by atoms with Gasteiger partial charge < -0.3 is 4.74 Å². The van der Waals surface area contributed by atoms with E-state index >= 15 is 0 Å². The minimum atomic E-state index is -3.55. The summed E-state index contributed by atoms with van der Waals surface area (Å²) in [5, 5.41) is 8.43. The largest absolute Gasteiger partial charge is 0.474 e. The quantitative estimate of drug-likeness (QED) is 0.179. The molecule has 8 heteroatoms. The molecule has 0 saturated heterocycles. The molecule has 0 bridgehead atoms. The van der Waals surface area contributed by atoms with Gasteiger partial charge in [-0.3, -0.25) is 13.6 Å². The first-order valence-electron chi connectivity index (χ1n) is 6.78. The predicted molar refractivity (Wildman–Crippen MR) is 76.4 cm³/mol. The van der Waals surface area contributed by atoms with Crippen LogP contribution < -0.4 is 0 Å². The Kier molecular flexibility index (Phi) is 10.8. The monoisotopic (exact) mass is 319 g/mol. The Bertz CT molecular complexity index is 405. The number of carbonyl (C=O) groups is 1. The number of nitrogens with zero attached hydrogens (tertiary/aromatic N) is 1. The van der Waals surface area contributed by atoms with Gasteiger partial charge in [-0.25, -0.2) is 9.36 Å². The summed E-state index contributed by atoms with van der Waals surface area (Å²) in [6, 6.07) is 1.59. The summed E-state index contributed by atoms with van der Waals surface area (Å²) in [4.78, 5) is 11.1. The normalized spacial score (nSPS) is 10.9. The van der Waals surface area contributed by atoms with E-state index in [2.05, 4.69) is 6.58 Å². The first-order chi connectivity index (χ1) is 9.99. The molecule has 0 amide bonds. The number of ether oxygens (including phenoxy) is 1. The second kappa shape index (κ2) is 11.5. The van der Waals surface area contributed by atoms with Crippen molar-refractivity contribution in [3.05, 3.63) is 12.2 Å². The third-order valence-corrected chi connectivity index (χ3v) is 3.56. The Balaban J connectivity index is 4.03. The van der Waals surface area contributed by atoms with Gasteiger partial charge >= 0.3 is 13.8 Å². The maximum atomic E-state index is 12.2. The maximum Gasteiger partial charge on any atom is 0.474 e. The molecule has 7 nitrogen and oxygen atoms in total. The van der Waals surface area contributed by atoms with Crippen LogP contribution in [-0.4, -0.2) is 32.4 Å². The third kappa shape index (κ3) is 9.38. The van der Waals surface area contributed by atoms with Crippen molar-refractivity contribution < 1.29 is 27.7 Å². The van der Waals surface area contributed by atoms with Crippen LogP contribution in [0.4, 0.5) is 0 Å². The minimum absolute atomic E-state index is 0.0289. The van der Waals surface area contributed by atoms with Crippen molar-refractivity contribution in [2.45, 2.75) is 33.1 Å². The molecule has 21 heavy (non-hydrogen) atoms. The number of phosphoric acid groups is 1. The summed E-state index contributed by atoms with van der Waals surface area (Å²) in [7, 11) is -3.55. The number of esters is 1. The predicted octanol–water partition coefficient (Wildman–Crippen LogP) is 2.98. The van der Waals surface area contributed by atoms with Crippen LogP contribution in [0.5, 0.6) is 0 Å². The molecular formula is C13H22NO6P. The van der Waals surface area contributed by atoms with Gasteiger partial charge in [0.2, 0.25) is 0 Å². The molecule has 0 heterocycles. The molecule has 0 unspecified atom stereocenters. The standard InChI is InChI=1S/C13H22NO6P/c1-4-7-18-21(16,19-8-5-2)20-10-6-9-17-13(15)12(3)11-14/h3-10H2,1-2H3. The lowest BCUT2D eigenvalue weighted by atomic mass is 10.3. The minimum Gasteiger partial charge on any atom is -0.461 e. The average Bonchev–Trinajstić information content (AvgIpc) is 2.49. The van der Waals surface area contributed by atoms with Crippen LogP contribution in [0.3, 0.4) is 0 Å². The van der Waals surface area contributed by atoms with Crippen molar-refractivity contribution in [1.82, 2.24) is 0 Å². The number of phosphoric ester groups is 1. The number of hydrogen-bond donors (Lipinski definition) is 0. The first kappa shape index (κ1) is 19.8. The summed E-state index contributed by atoms with van der Waals surface area (Å²) in [6.07, 6.45) is 1.69. The van der Waals surface area contributed by atoms with Gasteiger partial charge in [0.25, 0.3) is 0 Å². The molecule has 0 saturated carbocycles. The van der Waals surface area contributed by atoms with Crippen molar-refractivity contribution >= 4 is 13.8 Å². The summed E-state index contributed by atoms with van der Waals surface area (Å²) in [6.45, 7) is 7.62. The van der Waals surface area contributed by atoms with E-state index in [1.165, 1.54) is 0 Å². The van der Waals surface area contributed by atoms with Crippen LogP contribution in [-0.2, 0) is 27.7 Å². The summed E-state index contributed by atoms with van der Waals surface area (Å²) < 4.78 is 32.3. The summed E-state index contributed by atoms with van der Waals surface area (Å²) in [5.41, 5.74) is -0.265. The van der Waals surface area contributed by atoms with Gasteiger partial charge in [0.05, 0.1) is 26.4 Å². The number of rotatable bonds is 12. The van der Waals surface area contributed by atoms with E-state index in [1.807, 2.05) is 13.8 Å². The highest BCUT2D eigenvalue weighted by Crippen LogP contribution is 2.49. The molecule has 0 aromatic heterocycles. The second-order valence-corrected chi connectivity index (χ2v) is 5.70. The van der Waals surface area contributed by atoms with E-state index in [9.17, 15) is 9.36 Å².